The normalized spacial score (nSPS) is 14.4. The third-order valence-electron chi connectivity index (χ3n) is 19.3. The van der Waals surface area contributed by atoms with Gasteiger partial charge in [-0.1, -0.05) is 257 Å². The van der Waals surface area contributed by atoms with E-state index in [0.29, 0.717) is 38.5 Å². The molecule has 18 heteroatoms. The van der Waals surface area contributed by atoms with Crippen molar-refractivity contribution < 1.29 is 101 Å². The molecule has 0 aliphatic rings. The fraction of sp³-hybridized carbons (Fsp3) is 0.854. The van der Waals surface area contributed by atoms with Crippen LogP contribution < -0.4 is 45.4 Å². The fourth-order valence-corrected chi connectivity index (χ4v) is 12.6. The van der Waals surface area contributed by atoms with Gasteiger partial charge in [-0.2, -0.15) is 0 Å². The number of rotatable bonds is 68. The molecule has 0 saturated carbocycles. The number of unbranched alkanes of at least 4 members (excludes halogenated alkanes) is 26. The van der Waals surface area contributed by atoms with Crippen LogP contribution in [0.4, 0.5) is 0 Å². The second kappa shape index (κ2) is 73.4. The number of hydrogen-bond acceptors (Lipinski definition) is 14. The quantitative estimate of drug-likeness (QED) is 0.0109. The Morgan fingerprint density at radius 3 is 0.760 bits per heavy atom. The van der Waals surface area contributed by atoms with E-state index in [2.05, 4.69) is 69.7 Å². The van der Waals surface area contributed by atoms with Crippen molar-refractivity contribution in [3.63, 3.8) is 0 Å². The summed E-state index contributed by atoms with van der Waals surface area (Å²) in [6, 6.07) is -0.155. The van der Waals surface area contributed by atoms with Gasteiger partial charge in [0.25, 0.3) is 0 Å². The van der Waals surface area contributed by atoms with Crippen LogP contribution in [0.25, 0.3) is 0 Å². The zero-order valence-corrected chi connectivity index (χ0v) is 69.0. The highest BCUT2D eigenvalue weighted by molar-refractivity contribution is 5.72. The Labute approximate surface area is 634 Å². The maximum atomic E-state index is 12.4. The lowest BCUT2D eigenvalue weighted by Gasteiger charge is -2.41. The second-order valence-corrected chi connectivity index (χ2v) is 29.3. The summed E-state index contributed by atoms with van der Waals surface area (Å²) in [5.41, 5.74) is 11.9. The first-order chi connectivity index (χ1) is 47.2. The molecule has 0 aromatic rings. The lowest BCUT2D eigenvalue weighted by atomic mass is 9.96. The molecular weight excluding hydrogens is 1390 g/mol. The van der Waals surface area contributed by atoms with Crippen molar-refractivity contribution in [1.82, 2.24) is 0 Å². The van der Waals surface area contributed by atoms with Crippen LogP contribution in [0.5, 0.6) is 0 Å². The van der Waals surface area contributed by atoms with Crippen molar-refractivity contribution in [2.45, 2.75) is 385 Å². The lowest BCUT2D eigenvalue weighted by molar-refractivity contribution is -0.919. The van der Waals surface area contributed by atoms with Gasteiger partial charge in [0.2, 0.25) is 0 Å². The molecule has 0 saturated heterocycles. The van der Waals surface area contributed by atoms with Crippen LogP contribution in [0, 0.1) is 0 Å². The molecule has 8 atom stereocenters. The van der Waals surface area contributed by atoms with Crippen LogP contribution in [-0.4, -0.2) is 170 Å². The number of hydrogen-bond donors (Lipinski definition) is 6. The molecule has 0 fully saturated rings. The van der Waals surface area contributed by atoms with Gasteiger partial charge in [0.05, 0.1) is 106 Å². The van der Waals surface area contributed by atoms with Crippen LogP contribution in [-0.2, 0) is 38.1 Å². The monoisotopic (exact) mass is 1550 g/mol. The Morgan fingerprint density at radius 1 is 0.300 bits per heavy atom. The molecule has 0 aromatic carbocycles. The third-order valence-corrected chi connectivity index (χ3v) is 19.3. The third kappa shape index (κ3) is 63.9. The summed E-state index contributed by atoms with van der Waals surface area (Å²) in [5, 5.41) is 42.7. The fourth-order valence-electron chi connectivity index (χ4n) is 12.6. The van der Waals surface area contributed by atoms with Gasteiger partial charge in [0.15, 0.2) is 0 Å². The molecule has 0 heterocycles. The molecule has 592 valence electrons. The van der Waals surface area contributed by atoms with Crippen LogP contribution in [0.1, 0.15) is 337 Å². The summed E-state index contributed by atoms with van der Waals surface area (Å²) in [7, 11) is 9.11. The van der Waals surface area contributed by atoms with Gasteiger partial charge in [-0.15, -0.1) is 0 Å². The maximum Gasteiger partial charge on any atom is 0.309 e. The Hall–Kier alpha value is -2.52. The SMILES string of the molecule is CCCCCC(N)C(O)C/C=C/CC(=O)OCCCOC(=O)C/C=C/CC(O)C(N)CCCCC.CCCCCCCCCCCC[N+](C)(C)C(CCCCC)C(O)C/C=C/CC(=O)OCCCOC(=O)C/C=C/CC(O)C(CCCCC)[N+](C)(C)CCCCCCCCCCCC.[Br-].[Br-]. The molecule has 0 radical (unpaired) electrons. The number of ether oxygens (including phenoxy) is 4. The minimum absolute atomic E-state index is 0. The number of aliphatic hydroxyl groups is 4. The number of halogens is 2. The van der Waals surface area contributed by atoms with E-state index in [4.69, 9.17) is 30.4 Å². The number of nitrogens with zero attached hydrogens (tertiary/aromatic N) is 2. The summed E-state index contributed by atoms with van der Waals surface area (Å²) in [6.07, 6.45) is 59.1. The first-order valence-electron chi connectivity index (χ1n) is 40.3. The van der Waals surface area contributed by atoms with E-state index in [1.54, 1.807) is 24.3 Å². The molecular formula is C82H158Br2N4O12. The largest absolute Gasteiger partial charge is 1.00 e. The molecule has 0 rings (SSSR count). The lowest BCUT2D eigenvalue weighted by Crippen LogP contribution is -3.00. The van der Waals surface area contributed by atoms with Gasteiger partial charge in [-0.25, -0.2) is 0 Å². The number of esters is 4. The average molecular weight is 1550 g/mol. The molecule has 0 bridgehead atoms. The number of likely N-dealkylation sites (N-methyl/N-ethyl adjacent to an activating group) is 2. The van der Waals surface area contributed by atoms with E-state index in [9.17, 15) is 39.6 Å². The molecule has 0 aromatic heterocycles. The van der Waals surface area contributed by atoms with Crippen molar-refractivity contribution >= 4 is 23.9 Å². The van der Waals surface area contributed by atoms with Crippen molar-refractivity contribution in [1.29, 1.82) is 0 Å². The van der Waals surface area contributed by atoms with Crippen LogP contribution in [0.3, 0.4) is 0 Å². The van der Waals surface area contributed by atoms with Crippen LogP contribution in [0.15, 0.2) is 48.6 Å². The highest BCUT2D eigenvalue weighted by Crippen LogP contribution is 2.25. The summed E-state index contributed by atoms with van der Waals surface area (Å²) < 4.78 is 22.6. The molecule has 0 aliphatic carbocycles. The standard InChI is InChI=1S/C55H108N2O6.C27H50N2O6.2BrH/c1-9-13-17-19-21-23-25-27-29-37-46-56(5,6)50(40-31-15-11-3)52(58)42-33-35-44-54(60)62-48-39-49-63-55(61)45-36-34-43-53(59)51(41-32-16-12-4)57(7,8)47-38-30-28-26-24-22-20-18-14-10-2;1-3-5-7-14-22(28)24(30)16-9-11-18-26(32)34-20-13-21-35-27(33)19-12-10-17-25(31)23(29)15-8-6-4-2;;/h33-36,50-53,58-59H,9-32,37-49H2,1-8H3;9-12,22-25,30-31H,3-8,13-21,28-29H2,1-2H3;2*1H/q+2;;;/p-2/b35-33+,36-34+;11-9+,12-10+;;. The zero-order chi connectivity index (χ0) is 73.2. The van der Waals surface area contributed by atoms with E-state index in [1.165, 1.54) is 154 Å². The number of carbonyl (C=O) groups excluding carboxylic acids is 4. The summed E-state index contributed by atoms with van der Waals surface area (Å²) in [4.78, 5) is 48.3. The molecule has 0 aliphatic heterocycles. The summed E-state index contributed by atoms with van der Waals surface area (Å²) in [6.45, 7) is 16.1. The highest BCUT2D eigenvalue weighted by Gasteiger charge is 2.34. The Balaban J connectivity index is -0.00000106. The first kappa shape index (κ1) is 104. The van der Waals surface area contributed by atoms with E-state index in [-0.39, 0.29) is 134 Å². The molecule has 8 N–H and O–H groups in total. The smallest absolute Gasteiger partial charge is 0.309 e. The topological polar surface area (TPSA) is 238 Å². The molecule has 0 amide bonds. The van der Waals surface area contributed by atoms with E-state index >= 15 is 0 Å². The van der Waals surface area contributed by atoms with Gasteiger partial charge >= 0.3 is 23.9 Å². The van der Waals surface area contributed by atoms with Gasteiger partial charge in [-0.3, -0.25) is 19.2 Å². The molecule has 0 spiro atoms. The maximum absolute atomic E-state index is 12.4. The van der Waals surface area contributed by atoms with Crippen LogP contribution >= 0.6 is 0 Å². The number of nitrogens with two attached hydrogens (primary N) is 2. The molecule has 8 unspecified atom stereocenters. The predicted octanol–water partition coefficient (Wildman–Crippen LogP) is 11.4. The zero-order valence-electron chi connectivity index (χ0n) is 65.9. The van der Waals surface area contributed by atoms with Crippen molar-refractivity contribution in [2.75, 3.05) is 67.7 Å². The predicted molar refractivity (Wildman–Crippen MR) is 408 cm³/mol. The highest BCUT2D eigenvalue weighted by atomic mass is 79.9. The van der Waals surface area contributed by atoms with Gasteiger partial charge < -0.3 is 93.8 Å². The first-order valence-corrected chi connectivity index (χ1v) is 40.3. The molecule has 16 nitrogen and oxygen atoms in total. The number of quaternary nitrogens is 2. The number of carbonyl (C=O) groups is 4. The van der Waals surface area contributed by atoms with Gasteiger partial charge in [0.1, 0.15) is 24.3 Å². The summed E-state index contributed by atoms with van der Waals surface area (Å²) in [5.74, 6) is -1.38. The second-order valence-electron chi connectivity index (χ2n) is 29.3. The van der Waals surface area contributed by atoms with Crippen LogP contribution in [0.2, 0.25) is 0 Å². The van der Waals surface area contributed by atoms with E-state index < -0.39 is 24.4 Å². The van der Waals surface area contributed by atoms with Gasteiger partial charge in [0, 0.05) is 37.8 Å². The van der Waals surface area contributed by atoms with E-state index in [0.717, 1.165) is 99.1 Å². The summed E-state index contributed by atoms with van der Waals surface area (Å²) >= 11 is 0. The minimum Gasteiger partial charge on any atom is -1.00 e. The minimum atomic E-state index is -0.609. The van der Waals surface area contributed by atoms with Crippen molar-refractivity contribution in [2.24, 2.45) is 11.5 Å². The number of aliphatic hydroxyl groups excluding tert-OH is 4. The van der Waals surface area contributed by atoms with Crippen molar-refractivity contribution in [3.8, 4) is 0 Å². The Morgan fingerprint density at radius 2 is 0.510 bits per heavy atom. The Kier molecular flexibility index (Phi) is 76.2. The van der Waals surface area contributed by atoms with E-state index in [1.807, 2.05) is 24.3 Å². The average Bonchev–Trinajstić information content (AvgIpc) is 0.857. The van der Waals surface area contributed by atoms with Gasteiger partial charge in [-0.05, 0) is 77.0 Å². The Bertz CT molecular complexity index is 1840. The van der Waals surface area contributed by atoms with Crippen molar-refractivity contribution in [3.05, 3.63) is 48.6 Å². The molecule has 100 heavy (non-hydrogen) atoms.